The van der Waals surface area contributed by atoms with Crippen molar-refractivity contribution < 1.29 is 28.3 Å². The van der Waals surface area contributed by atoms with E-state index in [1.54, 1.807) is 24.3 Å². The zero-order chi connectivity index (χ0) is 24.4. The van der Waals surface area contributed by atoms with Gasteiger partial charge in [0.15, 0.2) is 11.6 Å². The van der Waals surface area contributed by atoms with Gasteiger partial charge in [0, 0.05) is 11.1 Å². The summed E-state index contributed by atoms with van der Waals surface area (Å²) in [5, 5.41) is 0. The molecule has 0 fully saturated rings. The number of allylic oxidation sites excluding steroid dienone is 2. The summed E-state index contributed by atoms with van der Waals surface area (Å²) in [4.78, 5) is 22.4. The van der Waals surface area contributed by atoms with Gasteiger partial charge in [0.2, 0.25) is 0 Å². The van der Waals surface area contributed by atoms with Gasteiger partial charge in [0.05, 0.1) is 0 Å². The molecule has 0 saturated carbocycles. The van der Waals surface area contributed by atoms with E-state index < -0.39 is 0 Å². The van der Waals surface area contributed by atoms with Crippen LogP contribution >= 0.6 is 0 Å². The van der Waals surface area contributed by atoms with Crippen molar-refractivity contribution in [1.29, 1.82) is 0 Å². The van der Waals surface area contributed by atoms with Crippen LogP contribution in [0.3, 0.4) is 0 Å². The van der Waals surface area contributed by atoms with Crippen LogP contribution in [-0.2, 0) is 18.7 Å². The third kappa shape index (κ3) is 5.17. The molecule has 182 valence electrons. The predicted octanol–water partition coefficient (Wildman–Crippen LogP) is 6.65. The van der Waals surface area contributed by atoms with Crippen molar-refractivity contribution in [2.24, 2.45) is 0 Å². The fourth-order valence-electron chi connectivity index (χ4n) is 4.30. The Labute approximate surface area is 217 Å². The number of nitrogens with zero attached hydrogens (tertiary/aromatic N) is 2. The summed E-state index contributed by atoms with van der Waals surface area (Å²) in [5.41, 5.74) is 8.60. The topological polar surface area (TPSA) is 44.0 Å². The van der Waals surface area contributed by atoms with E-state index in [0.29, 0.717) is 11.1 Å². The van der Waals surface area contributed by atoms with Crippen LogP contribution in [0.15, 0.2) is 85.2 Å². The van der Waals surface area contributed by atoms with Crippen LogP contribution in [0.4, 0.5) is 0 Å². The fraction of sp³-hybridized carbons (Fsp3) is 0.133. The van der Waals surface area contributed by atoms with E-state index in [1.165, 1.54) is 45.8 Å². The van der Waals surface area contributed by atoms with E-state index in [4.69, 9.17) is 0 Å². The van der Waals surface area contributed by atoms with Gasteiger partial charge in [-0.15, -0.1) is 0 Å². The maximum absolute atomic E-state index is 11.2. The number of hydrogen-bond donors (Lipinski definition) is 0. The maximum Gasteiger partial charge on any atom is 0.186 e. The van der Waals surface area contributed by atoms with E-state index in [9.17, 15) is 9.59 Å². The molecule has 1 heterocycles. The van der Waals surface area contributed by atoms with E-state index in [2.05, 4.69) is 104 Å². The first-order chi connectivity index (χ1) is 16.3. The minimum Gasteiger partial charge on any atom is -0.358 e. The molecule has 0 radical (unpaired) electrons. The summed E-state index contributed by atoms with van der Waals surface area (Å²) in [6.07, 6.45) is 6.87. The van der Waals surface area contributed by atoms with Gasteiger partial charge in [0.1, 0.15) is 0 Å². The number of hydrogen-bond acceptors (Lipinski definition) is 2. The summed E-state index contributed by atoms with van der Waals surface area (Å²) in [7, 11) is 0. The minimum atomic E-state index is -0.0924. The van der Waals surface area contributed by atoms with Crippen molar-refractivity contribution >= 4 is 11.6 Å². The van der Waals surface area contributed by atoms with E-state index >= 15 is 0 Å². The van der Waals surface area contributed by atoms with Crippen molar-refractivity contribution in [2.75, 3.05) is 0 Å². The van der Waals surface area contributed by atoms with Crippen LogP contribution in [0.5, 0.6) is 0 Å². The molecule has 0 aliphatic heterocycles. The van der Waals surface area contributed by atoms with Gasteiger partial charge >= 0.3 is 142 Å². The Balaban J connectivity index is 0.000000223. The normalized spacial score (nSPS) is 11.9. The molecule has 5 heteroatoms. The molecule has 1 aliphatic rings. The number of carbonyl (C=O) groups is 2. The number of aromatic nitrogens is 2. The molecule has 4 nitrogen and oxygen atoms in total. The monoisotopic (exact) mass is 555 g/mol. The van der Waals surface area contributed by atoms with E-state index in [-0.39, 0.29) is 19.0 Å². The third-order valence-corrected chi connectivity index (χ3v) is 6.69. The Morgan fingerprint density at radius 2 is 0.914 bits per heavy atom. The zero-order valence-electron chi connectivity index (χ0n) is 20.6. The van der Waals surface area contributed by atoms with Crippen LogP contribution in [0.2, 0.25) is 0 Å². The molecule has 0 spiro atoms. The molecule has 0 N–H and O–H groups in total. The maximum atomic E-state index is 11.2. The average Bonchev–Trinajstić information content (AvgIpc) is 3.17. The quantitative estimate of drug-likeness (QED) is 0.205. The van der Waals surface area contributed by atoms with Crippen molar-refractivity contribution in [2.45, 2.75) is 27.7 Å². The second-order valence-electron chi connectivity index (χ2n) is 8.37. The molecule has 0 amide bonds. The molecular weight excluding hydrogens is 527 g/mol. The Morgan fingerprint density at radius 3 is 1.26 bits per heavy atom. The van der Waals surface area contributed by atoms with Crippen LogP contribution in [0, 0.1) is 39.0 Å². The van der Waals surface area contributed by atoms with Crippen LogP contribution in [0.1, 0.15) is 43.0 Å². The number of para-hydroxylation sites is 2. The number of rotatable bonds is 2. The summed E-state index contributed by atoms with van der Waals surface area (Å²) in [5.74, 6) is -0.185. The number of carbonyl (C=O) groups excluding carboxylic acids is 2. The summed E-state index contributed by atoms with van der Waals surface area (Å²) in [6, 6.07) is 19.7. The molecule has 1 aliphatic carbocycles. The number of imidazole rings is 1. The zero-order valence-corrected chi connectivity index (χ0v) is 22.2. The number of ketones is 2. The number of fused-ring (bicyclic) bond motifs is 1. The molecule has 35 heavy (non-hydrogen) atoms. The smallest absolute Gasteiger partial charge is 0.186 e. The van der Waals surface area contributed by atoms with Crippen molar-refractivity contribution in [3.63, 3.8) is 0 Å². The van der Waals surface area contributed by atoms with Gasteiger partial charge < -0.3 is 7.43 Å². The Hall–Kier alpha value is -3.39. The first kappa shape index (κ1) is 26.2. The first-order valence-electron chi connectivity index (χ1n) is 11.0. The van der Waals surface area contributed by atoms with Crippen molar-refractivity contribution in [1.82, 2.24) is 9.13 Å². The molecule has 0 bridgehead atoms. The molecule has 1 aromatic heterocycles. The largest absolute Gasteiger partial charge is 0.358 e. The second kappa shape index (κ2) is 10.9. The molecule has 0 atom stereocenters. The molecule has 0 saturated heterocycles. The van der Waals surface area contributed by atoms with Gasteiger partial charge in [-0.25, -0.2) is 0 Å². The second-order valence-corrected chi connectivity index (χ2v) is 9.06. The van der Waals surface area contributed by atoms with Gasteiger partial charge in [0.25, 0.3) is 0 Å². The van der Waals surface area contributed by atoms with E-state index in [1.807, 2.05) is 0 Å². The fourth-order valence-corrected chi connectivity index (χ4v) is 4.88. The number of benzene rings is 3. The van der Waals surface area contributed by atoms with Gasteiger partial charge in [-0.1, -0.05) is 24.3 Å². The molecule has 5 rings (SSSR count). The SMILES string of the molecule is Cc1cccc(C)c1-n1ccn(-c2c(C)cccc2C)[c]1=[Pd].O=C1C=CC(=O)c2ccccc21.[CH3-]. The minimum absolute atomic E-state index is 0. The van der Waals surface area contributed by atoms with Crippen LogP contribution in [0.25, 0.3) is 11.4 Å². The third-order valence-electron chi connectivity index (χ3n) is 5.94. The summed E-state index contributed by atoms with van der Waals surface area (Å²) >= 11 is 3.47. The van der Waals surface area contributed by atoms with Gasteiger partial charge in [-0.05, 0) is 12.2 Å². The first-order valence-corrected chi connectivity index (χ1v) is 11.8. The molecular formula is C30H29N2O2Pd-. The van der Waals surface area contributed by atoms with Crippen molar-refractivity contribution in [3.05, 3.63) is 130 Å². The van der Waals surface area contributed by atoms with Gasteiger partial charge in [-0.3, -0.25) is 9.59 Å². The van der Waals surface area contributed by atoms with Gasteiger partial charge in [-0.2, -0.15) is 0 Å². The molecule has 3 aromatic carbocycles. The Kier molecular flexibility index (Phi) is 8.17. The predicted molar refractivity (Wildman–Crippen MR) is 138 cm³/mol. The standard InChI is InChI=1S/C19H20N2.C10H6O2.CH3.Pd/c1-14-7-5-8-15(2)18(14)20-11-12-21(13-20)19-16(3)9-6-10-17(19)4;11-9-5-6-10(12)8-4-2-1-3-7(8)9;;/h5-12H,1-4H3;1-6H;1H3;/q;;-1;. The average molecular weight is 556 g/mol. The Bertz CT molecular complexity index is 1360. The Morgan fingerprint density at radius 1 is 0.571 bits per heavy atom. The van der Waals surface area contributed by atoms with E-state index in [0.717, 1.165) is 3.89 Å². The summed E-state index contributed by atoms with van der Waals surface area (Å²) in [6.45, 7) is 8.62. The van der Waals surface area contributed by atoms with Crippen LogP contribution < -0.4 is 0 Å². The van der Waals surface area contributed by atoms with Crippen LogP contribution in [-0.4, -0.2) is 20.7 Å². The summed E-state index contributed by atoms with van der Waals surface area (Å²) < 4.78 is 5.51. The van der Waals surface area contributed by atoms with Crippen molar-refractivity contribution in [3.8, 4) is 11.4 Å². The molecule has 0 unspecified atom stereocenters. The molecule has 4 aromatic rings. The number of aryl methyl sites for hydroxylation is 4.